The molecule has 2 bridgehead atoms. The molecular weight excluding hydrogens is 575 g/mol. The zero-order valence-electron chi connectivity index (χ0n) is 21.3. The molecule has 0 amide bonds. The van der Waals surface area contributed by atoms with Crippen molar-refractivity contribution in [1.29, 1.82) is 0 Å². The second-order valence-corrected chi connectivity index (χ2v) is 12.8. The molecule has 2 aromatic heterocycles. The molecular formula is C29H26Cl2N2O6S. The van der Waals surface area contributed by atoms with Crippen molar-refractivity contribution in [1.82, 2.24) is 10.1 Å². The average molecular weight is 602 g/mol. The third kappa shape index (κ3) is 4.44. The van der Waals surface area contributed by atoms with Gasteiger partial charge >= 0.3 is 5.97 Å². The van der Waals surface area contributed by atoms with Crippen LogP contribution in [0.25, 0.3) is 21.5 Å². The van der Waals surface area contributed by atoms with Crippen molar-refractivity contribution in [3.8, 4) is 11.3 Å². The highest BCUT2D eigenvalue weighted by molar-refractivity contribution is 7.18. The van der Waals surface area contributed by atoms with Gasteiger partial charge in [0.25, 0.3) is 0 Å². The number of aromatic carboxylic acids is 1. The Balaban J connectivity index is 1.14. The van der Waals surface area contributed by atoms with Crippen molar-refractivity contribution in [3.05, 3.63) is 68.3 Å². The topological polar surface area (TPSA) is 115 Å². The molecule has 2 aromatic carbocycles. The summed E-state index contributed by atoms with van der Waals surface area (Å²) in [4.78, 5) is 16.2. The molecule has 1 unspecified atom stereocenters. The molecule has 8 nitrogen and oxygen atoms in total. The lowest BCUT2D eigenvalue weighted by Crippen LogP contribution is -2.55. The molecule has 4 aromatic rings. The van der Waals surface area contributed by atoms with E-state index in [0.717, 1.165) is 28.9 Å². The number of halogens is 2. The molecule has 1 aliphatic heterocycles. The Kier molecular flexibility index (Phi) is 6.65. The maximum Gasteiger partial charge on any atom is 0.335 e. The highest BCUT2D eigenvalue weighted by atomic mass is 35.5. The van der Waals surface area contributed by atoms with E-state index in [1.807, 2.05) is 0 Å². The van der Waals surface area contributed by atoms with Crippen molar-refractivity contribution >= 4 is 50.7 Å². The molecule has 3 aliphatic rings. The van der Waals surface area contributed by atoms with Gasteiger partial charge in [-0.05, 0) is 56.0 Å². The number of nitrogens with zero attached hydrogens (tertiary/aromatic N) is 2. The number of aromatic nitrogens is 2. The van der Waals surface area contributed by atoms with E-state index in [1.54, 1.807) is 30.3 Å². The number of carbonyl (C=O) groups is 1. The molecule has 2 N–H and O–H groups in total. The molecule has 40 heavy (non-hydrogen) atoms. The molecule has 208 valence electrons. The van der Waals surface area contributed by atoms with E-state index in [4.69, 9.17) is 42.2 Å². The Morgan fingerprint density at radius 2 is 1.85 bits per heavy atom. The van der Waals surface area contributed by atoms with E-state index in [9.17, 15) is 15.0 Å². The lowest BCUT2D eigenvalue weighted by molar-refractivity contribution is -0.209. The van der Waals surface area contributed by atoms with Crippen LogP contribution in [0.2, 0.25) is 10.0 Å². The Morgan fingerprint density at radius 1 is 1.12 bits per heavy atom. The lowest BCUT2D eigenvalue weighted by Gasteiger charge is -2.50. The number of fused-ring (bicyclic) bond motifs is 3. The molecule has 1 saturated heterocycles. The van der Waals surface area contributed by atoms with Crippen LogP contribution < -0.4 is 0 Å². The quantitative estimate of drug-likeness (QED) is 0.242. The monoisotopic (exact) mass is 600 g/mol. The summed E-state index contributed by atoms with van der Waals surface area (Å²) < 4.78 is 18.9. The highest BCUT2D eigenvalue weighted by Gasteiger charge is 2.55. The van der Waals surface area contributed by atoms with Crippen molar-refractivity contribution in [2.45, 2.75) is 49.9 Å². The van der Waals surface area contributed by atoms with Crippen molar-refractivity contribution in [2.24, 2.45) is 11.8 Å². The number of aliphatic hydroxyl groups is 1. The van der Waals surface area contributed by atoms with Crippen molar-refractivity contribution in [3.63, 3.8) is 0 Å². The number of ether oxygens (including phenoxy) is 2. The van der Waals surface area contributed by atoms with Crippen LogP contribution in [0.5, 0.6) is 0 Å². The molecule has 4 atom stereocenters. The van der Waals surface area contributed by atoms with Crippen LogP contribution in [-0.2, 0) is 21.7 Å². The van der Waals surface area contributed by atoms with Gasteiger partial charge in [-0.15, -0.1) is 11.3 Å². The van der Waals surface area contributed by atoms with Crippen molar-refractivity contribution in [2.75, 3.05) is 13.2 Å². The van der Waals surface area contributed by atoms with Gasteiger partial charge in [-0.2, -0.15) is 0 Å². The summed E-state index contributed by atoms with van der Waals surface area (Å²) in [6.07, 6.45) is 3.17. The lowest BCUT2D eigenvalue weighted by atomic mass is 9.66. The summed E-state index contributed by atoms with van der Waals surface area (Å²) in [6, 6.07) is 10.2. The largest absolute Gasteiger partial charge is 0.478 e. The second-order valence-electron chi connectivity index (χ2n) is 10.9. The van der Waals surface area contributed by atoms with E-state index in [2.05, 4.69) is 5.16 Å². The van der Waals surface area contributed by atoms with Crippen LogP contribution in [0.1, 0.15) is 58.3 Å². The summed E-state index contributed by atoms with van der Waals surface area (Å²) in [7, 11) is 0. The number of rotatable bonds is 7. The van der Waals surface area contributed by atoms with Crippen LogP contribution in [0, 0.1) is 11.8 Å². The standard InChI is InChI=1S/C29H26Cl2N2O6S/c30-20-2-1-3-21(31)24(20)25-19(26(39-33-25)14-4-5-14)13-38-18-9-16-11-37-12-17(10-18)29(16,36)28-32-22-7-6-15(27(34)35)8-23(22)40-28/h1-3,6-8,14,16-18,36H,4-5,9-13H2,(H,34,35)/t16-,17+,18?,29+. The summed E-state index contributed by atoms with van der Waals surface area (Å²) in [5, 5.41) is 27.4. The number of hydrogen-bond acceptors (Lipinski definition) is 8. The first kappa shape index (κ1) is 26.4. The van der Waals surface area contributed by atoms with E-state index >= 15 is 0 Å². The minimum Gasteiger partial charge on any atom is -0.478 e. The minimum atomic E-state index is -1.17. The van der Waals surface area contributed by atoms with Gasteiger partial charge in [-0.25, -0.2) is 9.78 Å². The van der Waals surface area contributed by atoms with Gasteiger partial charge in [0.1, 0.15) is 22.1 Å². The summed E-state index contributed by atoms with van der Waals surface area (Å²) in [6.45, 7) is 1.09. The fourth-order valence-electron chi connectivity index (χ4n) is 6.13. The zero-order valence-corrected chi connectivity index (χ0v) is 23.6. The van der Waals surface area contributed by atoms with Crippen LogP contribution in [-0.4, -0.2) is 45.6 Å². The van der Waals surface area contributed by atoms with Crippen LogP contribution in [0.15, 0.2) is 40.9 Å². The van der Waals surface area contributed by atoms with Gasteiger partial charge in [0, 0.05) is 28.9 Å². The van der Waals surface area contributed by atoms with E-state index in [1.165, 1.54) is 17.4 Å². The fourth-order valence-corrected chi connectivity index (χ4v) is 7.96. The van der Waals surface area contributed by atoms with Crippen LogP contribution >= 0.6 is 34.5 Å². The predicted octanol–water partition coefficient (Wildman–Crippen LogP) is 6.66. The van der Waals surface area contributed by atoms with Gasteiger partial charge in [0.05, 0.1) is 51.7 Å². The SMILES string of the molecule is O=C(O)c1ccc2nc([C@@]3(O)[C@@H]4COC[C@H]3CC(OCc3c(-c5c(Cl)cccc5Cl)noc3C3CC3)C4)sc2c1. The Morgan fingerprint density at radius 3 is 2.52 bits per heavy atom. The summed E-state index contributed by atoms with van der Waals surface area (Å²) in [5.74, 6) is -0.265. The molecule has 11 heteroatoms. The third-order valence-electron chi connectivity index (χ3n) is 8.39. The van der Waals surface area contributed by atoms with E-state index in [-0.39, 0.29) is 23.5 Å². The van der Waals surface area contributed by atoms with Gasteiger partial charge in [-0.3, -0.25) is 0 Å². The zero-order chi connectivity index (χ0) is 27.6. The number of benzene rings is 2. The molecule has 0 spiro atoms. The second kappa shape index (κ2) is 10.1. The molecule has 2 aliphatic carbocycles. The molecule has 7 rings (SSSR count). The Labute approximate surface area is 243 Å². The molecule has 3 heterocycles. The smallest absolute Gasteiger partial charge is 0.335 e. The first-order valence-corrected chi connectivity index (χ1v) is 14.9. The number of carboxylic acids is 1. The third-order valence-corrected chi connectivity index (χ3v) is 10.2. The molecule has 2 saturated carbocycles. The van der Waals surface area contributed by atoms with Crippen molar-refractivity contribution < 1.29 is 29.0 Å². The van der Waals surface area contributed by atoms with Gasteiger partial charge in [0.2, 0.25) is 0 Å². The maximum atomic E-state index is 12.1. The van der Waals surface area contributed by atoms with E-state index in [0.29, 0.717) is 70.4 Å². The fraction of sp³-hybridized carbons (Fsp3) is 0.414. The maximum absolute atomic E-state index is 12.1. The minimum absolute atomic E-state index is 0.108. The first-order chi connectivity index (χ1) is 19.3. The number of hydrogen-bond donors (Lipinski definition) is 2. The predicted molar refractivity (Wildman–Crippen MR) is 150 cm³/mol. The Bertz CT molecular complexity index is 1580. The molecule has 0 radical (unpaired) electrons. The summed E-state index contributed by atoms with van der Waals surface area (Å²) >= 11 is 14.4. The van der Waals surface area contributed by atoms with Gasteiger partial charge in [-0.1, -0.05) is 34.4 Å². The highest BCUT2D eigenvalue weighted by Crippen LogP contribution is 2.51. The van der Waals surface area contributed by atoms with Gasteiger partial charge < -0.3 is 24.2 Å². The number of thiazole rings is 1. The number of carboxylic acid groups (broad SMARTS) is 1. The van der Waals surface area contributed by atoms with Crippen LogP contribution in [0.3, 0.4) is 0 Å². The normalized spacial score (nSPS) is 26.3. The average Bonchev–Trinajstić information content (AvgIpc) is 3.53. The van der Waals surface area contributed by atoms with Gasteiger partial charge in [0.15, 0.2) is 0 Å². The Hall–Kier alpha value is -2.53. The van der Waals surface area contributed by atoms with Crippen LogP contribution in [0.4, 0.5) is 0 Å². The summed E-state index contributed by atoms with van der Waals surface area (Å²) in [5.41, 5.74) is 1.85. The van der Waals surface area contributed by atoms with E-state index < -0.39 is 11.6 Å². The first-order valence-electron chi connectivity index (χ1n) is 13.3. The molecule has 3 fully saturated rings.